The second kappa shape index (κ2) is 5.35. The summed E-state index contributed by atoms with van der Waals surface area (Å²) in [6.45, 7) is 8.00. The van der Waals surface area contributed by atoms with Gasteiger partial charge in [-0.3, -0.25) is 4.68 Å². The Balaban J connectivity index is 2.59. The number of hydrogen-bond donors (Lipinski definition) is 1. The number of nitrogens with zero attached hydrogens (tertiary/aromatic N) is 2. The molecule has 2 aromatic rings. The molecule has 2 N–H and O–H groups in total. The van der Waals surface area contributed by atoms with Gasteiger partial charge in [-0.2, -0.15) is 5.10 Å². The molecule has 0 bridgehead atoms. The zero-order chi connectivity index (χ0) is 14.2. The quantitative estimate of drug-likeness (QED) is 0.934. The summed E-state index contributed by atoms with van der Waals surface area (Å²) in [7, 11) is 0. The van der Waals surface area contributed by atoms with E-state index >= 15 is 0 Å². The van der Waals surface area contributed by atoms with E-state index in [0.29, 0.717) is 0 Å². The third kappa shape index (κ3) is 2.53. The van der Waals surface area contributed by atoms with E-state index in [-0.39, 0.29) is 12.1 Å². The van der Waals surface area contributed by atoms with Crippen LogP contribution < -0.4 is 5.73 Å². The van der Waals surface area contributed by atoms with Crippen LogP contribution in [0.2, 0.25) is 5.02 Å². The van der Waals surface area contributed by atoms with E-state index < -0.39 is 0 Å². The van der Waals surface area contributed by atoms with Crippen molar-refractivity contribution in [1.29, 1.82) is 0 Å². The maximum atomic E-state index is 6.25. The lowest BCUT2D eigenvalue weighted by Crippen LogP contribution is -2.32. The van der Waals surface area contributed by atoms with Gasteiger partial charge in [-0.05, 0) is 38.8 Å². The zero-order valence-corrected chi connectivity index (χ0v) is 12.6. The fourth-order valence-electron chi connectivity index (χ4n) is 2.47. The summed E-state index contributed by atoms with van der Waals surface area (Å²) in [6.07, 6.45) is 0. The summed E-state index contributed by atoms with van der Waals surface area (Å²) in [5, 5.41) is 5.28. The van der Waals surface area contributed by atoms with Crippen LogP contribution in [0.15, 0.2) is 24.3 Å². The topological polar surface area (TPSA) is 43.8 Å². The van der Waals surface area contributed by atoms with Gasteiger partial charge in [-0.15, -0.1) is 0 Å². The Morgan fingerprint density at radius 1 is 1.21 bits per heavy atom. The minimum absolute atomic E-state index is 0.00685. The molecule has 0 aliphatic heterocycles. The molecule has 0 aliphatic rings. The Morgan fingerprint density at radius 2 is 1.84 bits per heavy atom. The maximum absolute atomic E-state index is 6.25. The molecule has 1 aromatic carbocycles. The first-order valence-electron chi connectivity index (χ1n) is 6.45. The van der Waals surface area contributed by atoms with Crippen LogP contribution in [-0.4, -0.2) is 15.8 Å². The third-order valence-corrected chi connectivity index (χ3v) is 4.05. The van der Waals surface area contributed by atoms with Crippen molar-refractivity contribution in [3.05, 3.63) is 51.8 Å². The second-order valence-electron chi connectivity index (χ2n) is 5.09. The average Bonchev–Trinajstić information content (AvgIpc) is 2.60. The normalized spacial score (nSPS) is 14.4. The van der Waals surface area contributed by atoms with E-state index in [4.69, 9.17) is 17.3 Å². The number of benzene rings is 1. The standard InChI is InChI=1S/C15H20ClN3/c1-9-7-5-6-8-13(9)15(10(2)17)19-12(4)14(16)11(3)18-19/h5-8,10,15H,17H2,1-4H3. The Morgan fingerprint density at radius 3 is 2.32 bits per heavy atom. The van der Waals surface area contributed by atoms with Gasteiger partial charge in [0.15, 0.2) is 0 Å². The molecule has 4 heteroatoms. The molecule has 2 rings (SSSR count). The van der Waals surface area contributed by atoms with Crippen LogP contribution in [0, 0.1) is 20.8 Å². The van der Waals surface area contributed by atoms with Gasteiger partial charge in [0, 0.05) is 6.04 Å². The van der Waals surface area contributed by atoms with Crippen LogP contribution in [0.4, 0.5) is 0 Å². The molecule has 0 fully saturated rings. The number of aryl methyl sites for hydroxylation is 2. The molecule has 1 aromatic heterocycles. The van der Waals surface area contributed by atoms with Crippen LogP contribution in [0.1, 0.15) is 35.5 Å². The van der Waals surface area contributed by atoms with E-state index in [1.807, 2.05) is 37.6 Å². The van der Waals surface area contributed by atoms with Crippen LogP contribution in [0.25, 0.3) is 0 Å². The molecule has 102 valence electrons. The van der Waals surface area contributed by atoms with Crippen LogP contribution in [0.5, 0.6) is 0 Å². The highest BCUT2D eigenvalue weighted by molar-refractivity contribution is 6.31. The van der Waals surface area contributed by atoms with Gasteiger partial charge in [0.25, 0.3) is 0 Å². The van der Waals surface area contributed by atoms with Crippen molar-refractivity contribution >= 4 is 11.6 Å². The largest absolute Gasteiger partial charge is 0.326 e. The van der Waals surface area contributed by atoms with Gasteiger partial charge < -0.3 is 5.73 Å². The predicted octanol–water partition coefficient (Wildman–Crippen LogP) is 3.40. The first-order valence-corrected chi connectivity index (χ1v) is 6.83. The average molecular weight is 278 g/mol. The lowest BCUT2D eigenvalue weighted by molar-refractivity contribution is 0.442. The van der Waals surface area contributed by atoms with Crippen molar-refractivity contribution in [2.24, 2.45) is 5.73 Å². The second-order valence-corrected chi connectivity index (χ2v) is 5.47. The van der Waals surface area contributed by atoms with Gasteiger partial charge in [0.1, 0.15) is 0 Å². The smallest absolute Gasteiger partial charge is 0.0922 e. The number of nitrogens with two attached hydrogens (primary N) is 1. The summed E-state index contributed by atoms with van der Waals surface area (Å²) in [5.41, 5.74) is 10.4. The third-order valence-electron chi connectivity index (χ3n) is 3.51. The van der Waals surface area contributed by atoms with Crippen molar-refractivity contribution in [1.82, 2.24) is 9.78 Å². The van der Waals surface area contributed by atoms with Crippen molar-refractivity contribution in [3.63, 3.8) is 0 Å². The minimum atomic E-state index is -0.0461. The lowest BCUT2D eigenvalue weighted by atomic mass is 9.96. The molecule has 2 atom stereocenters. The number of aromatic nitrogens is 2. The molecule has 0 saturated heterocycles. The number of hydrogen-bond acceptors (Lipinski definition) is 2. The lowest BCUT2D eigenvalue weighted by Gasteiger charge is -2.25. The van der Waals surface area contributed by atoms with Gasteiger partial charge in [0.05, 0.1) is 22.5 Å². The van der Waals surface area contributed by atoms with Crippen molar-refractivity contribution in [2.45, 2.75) is 39.8 Å². The molecule has 3 nitrogen and oxygen atoms in total. The van der Waals surface area contributed by atoms with E-state index in [2.05, 4.69) is 24.2 Å². The molecular formula is C15H20ClN3. The van der Waals surface area contributed by atoms with Crippen LogP contribution in [-0.2, 0) is 0 Å². The highest BCUT2D eigenvalue weighted by Gasteiger charge is 2.24. The molecule has 0 saturated carbocycles. The van der Waals surface area contributed by atoms with E-state index in [0.717, 1.165) is 16.4 Å². The van der Waals surface area contributed by atoms with Gasteiger partial charge in [-0.1, -0.05) is 35.9 Å². The van der Waals surface area contributed by atoms with Crippen molar-refractivity contribution in [2.75, 3.05) is 0 Å². The van der Waals surface area contributed by atoms with Crippen molar-refractivity contribution < 1.29 is 0 Å². The summed E-state index contributed by atoms with van der Waals surface area (Å²) in [6, 6.07) is 8.23. The van der Waals surface area contributed by atoms with Crippen LogP contribution in [0.3, 0.4) is 0 Å². The predicted molar refractivity (Wildman–Crippen MR) is 79.7 cm³/mol. The van der Waals surface area contributed by atoms with Crippen molar-refractivity contribution in [3.8, 4) is 0 Å². The summed E-state index contributed by atoms with van der Waals surface area (Å²) in [4.78, 5) is 0. The summed E-state index contributed by atoms with van der Waals surface area (Å²) >= 11 is 6.25. The minimum Gasteiger partial charge on any atom is -0.326 e. The fourth-order valence-corrected chi connectivity index (χ4v) is 2.59. The van der Waals surface area contributed by atoms with Gasteiger partial charge in [-0.25, -0.2) is 0 Å². The number of rotatable bonds is 3. The maximum Gasteiger partial charge on any atom is 0.0922 e. The Hall–Kier alpha value is -1.32. The summed E-state index contributed by atoms with van der Waals surface area (Å²) < 4.78 is 1.95. The molecule has 0 radical (unpaired) electrons. The SMILES string of the molecule is Cc1ccccc1C(C(C)N)n1nc(C)c(Cl)c1C. The van der Waals surface area contributed by atoms with E-state index in [1.165, 1.54) is 11.1 Å². The Kier molecular flexibility index (Phi) is 3.97. The molecule has 2 unspecified atom stereocenters. The molecular weight excluding hydrogens is 258 g/mol. The Labute approximate surface area is 119 Å². The zero-order valence-electron chi connectivity index (χ0n) is 11.8. The van der Waals surface area contributed by atoms with Crippen LogP contribution >= 0.6 is 11.6 Å². The molecule has 1 heterocycles. The monoisotopic (exact) mass is 277 g/mol. The first-order chi connectivity index (χ1) is 8.93. The fraction of sp³-hybridized carbons (Fsp3) is 0.400. The van der Waals surface area contributed by atoms with Gasteiger partial charge in [0.2, 0.25) is 0 Å². The Bertz CT molecular complexity index is 587. The first kappa shape index (κ1) is 14.1. The highest BCUT2D eigenvalue weighted by Crippen LogP contribution is 2.29. The molecule has 19 heavy (non-hydrogen) atoms. The molecule has 0 amide bonds. The van der Waals surface area contributed by atoms with E-state index in [1.54, 1.807) is 0 Å². The number of halogens is 1. The van der Waals surface area contributed by atoms with E-state index in [9.17, 15) is 0 Å². The van der Waals surface area contributed by atoms with Gasteiger partial charge >= 0.3 is 0 Å². The molecule has 0 aliphatic carbocycles. The summed E-state index contributed by atoms with van der Waals surface area (Å²) in [5.74, 6) is 0. The highest BCUT2D eigenvalue weighted by atomic mass is 35.5. The molecule has 0 spiro atoms.